The van der Waals surface area contributed by atoms with Gasteiger partial charge in [0, 0.05) is 15.6 Å². The molecule has 0 unspecified atom stereocenters. The molecule has 0 saturated heterocycles. The minimum atomic E-state index is -4.38. The second-order valence-corrected chi connectivity index (χ2v) is 5.82. The third-order valence-electron chi connectivity index (χ3n) is 2.46. The maximum absolute atomic E-state index is 12.4. The van der Waals surface area contributed by atoms with E-state index in [2.05, 4.69) is 20.9 Å². The van der Waals surface area contributed by atoms with Gasteiger partial charge < -0.3 is 5.11 Å². The van der Waals surface area contributed by atoms with Gasteiger partial charge in [0.15, 0.2) is 0 Å². The summed E-state index contributed by atoms with van der Waals surface area (Å²) in [5, 5.41) is 9.47. The van der Waals surface area contributed by atoms with E-state index in [0.29, 0.717) is 5.03 Å². The predicted molar refractivity (Wildman–Crippen MR) is 73.4 cm³/mol. The van der Waals surface area contributed by atoms with E-state index < -0.39 is 11.7 Å². The van der Waals surface area contributed by atoms with Crippen molar-refractivity contribution >= 4 is 27.7 Å². The van der Waals surface area contributed by atoms with E-state index in [4.69, 9.17) is 5.11 Å². The van der Waals surface area contributed by atoms with Crippen LogP contribution in [0.5, 0.6) is 0 Å². The molecule has 0 radical (unpaired) electrons. The number of aromatic nitrogens is 1. The van der Waals surface area contributed by atoms with Crippen LogP contribution >= 0.6 is 27.7 Å². The lowest BCUT2D eigenvalue weighted by Gasteiger charge is -2.08. The Labute approximate surface area is 126 Å². The van der Waals surface area contributed by atoms with E-state index in [1.807, 2.05) is 0 Å². The number of pyridine rings is 1. The first-order chi connectivity index (χ1) is 9.40. The molecule has 2 rings (SSSR count). The Kier molecular flexibility index (Phi) is 4.72. The summed E-state index contributed by atoms with van der Waals surface area (Å²) in [5.74, 6) is 0. The Morgan fingerprint density at radius 1 is 1.20 bits per heavy atom. The van der Waals surface area contributed by atoms with Gasteiger partial charge in [-0.05, 0) is 45.8 Å². The molecule has 20 heavy (non-hydrogen) atoms. The highest BCUT2D eigenvalue weighted by Gasteiger charge is 2.30. The van der Waals surface area contributed by atoms with Gasteiger partial charge in [-0.2, -0.15) is 13.2 Å². The number of hydrogen-bond acceptors (Lipinski definition) is 3. The Morgan fingerprint density at radius 2 is 1.95 bits per heavy atom. The average Bonchev–Trinajstić information content (AvgIpc) is 2.40. The van der Waals surface area contributed by atoms with Gasteiger partial charge in [0.1, 0.15) is 5.03 Å². The topological polar surface area (TPSA) is 33.1 Å². The summed E-state index contributed by atoms with van der Waals surface area (Å²) >= 11 is 4.60. The minimum absolute atomic E-state index is 0.0674. The van der Waals surface area contributed by atoms with Gasteiger partial charge in [-0.15, -0.1) is 0 Å². The Bertz CT molecular complexity index is 602. The molecule has 1 N–H and O–H groups in total. The van der Waals surface area contributed by atoms with Crippen molar-refractivity contribution in [1.82, 2.24) is 4.98 Å². The van der Waals surface area contributed by atoms with Crippen LogP contribution in [0.2, 0.25) is 0 Å². The summed E-state index contributed by atoms with van der Waals surface area (Å²) in [6, 6.07) is 7.62. The van der Waals surface area contributed by atoms with E-state index in [0.717, 1.165) is 27.2 Å². The van der Waals surface area contributed by atoms with Crippen molar-refractivity contribution in [3.05, 3.63) is 52.1 Å². The number of alkyl halides is 3. The fourth-order valence-electron chi connectivity index (χ4n) is 1.45. The van der Waals surface area contributed by atoms with E-state index >= 15 is 0 Å². The molecular formula is C13H9BrF3NOS. The lowest BCUT2D eigenvalue weighted by Crippen LogP contribution is -2.05. The summed E-state index contributed by atoms with van der Waals surface area (Å²) in [6.07, 6.45) is -3.56. The molecule has 0 aliphatic rings. The van der Waals surface area contributed by atoms with E-state index in [1.54, 1.807) is 18.2 Å². The summed E-state index contributed by atoms with van der Waals surface area (Å²) < 4.78 is 38.0. The highest BCUT2D eigenvalue weighted by molar-refractivity contribution is 9.10. The highest BCUT2D eigenvalue weighted by Crippen LogP contribution is 2.34. The Morgan fingerprint density at radius 3 is 2.45 bits per heavy atom. The quantitative estimate of drug-likeness (QED) is 0.870. The zero-order chi connectivity index (χ0) is 14.8. The molecule has 0 fully saturated rings. The fraction of sp³-hybridized carbons (Fsp3) is 0.154. The van der Waals surface area contributed by atoms with Gasteiger partial charge in [0.05, 0.1) is 12.2 Å². The van der Waals surface area contributed by atoms with Crippen molar-refractivity contribution in [3.8, 4) is 0 Å². The summed E-state index contributed by atoms with van der Waals surface area (Å²) in [6.45, 7) is -0.0674. The molecular weight excluding hydrogens is 355 g/mol. The Balaban J connectivity index is 2.18. The van der Waals surface area contributed by atoms with Gasteiger partial charge in [-0.3, -0.25) is 0 Å². The number of aliphatic hydroxyl groups is 1. The number of rotatable bonds is 3. The average molecular weight is 364 g/mol. The molecule has 7 heteroatoms. The second-order valence-electron chi connectivity index (χ2n) is 3.91. The highest BCUT2D eigenvalue weighted by atomic mass is 79.9. The summed E-state index contributed by atoms with van der Waals surface area (Å²) in [4.78, 5) is 4.61. The maximum Gasteiger partial charge on any atom is 0.417 e. The summed E-state index contributed by atoms with van der Waals surface area (Å²) in [5.41, 5.74) is -0.0156. The van der Waals surface area contributed by atoms with Crippen LogP contribution in [0.4, 0.5) is 13.2 Å². The van der Waals surface area contributed by atoms with E-state index in [9.17, 15) is 13.2 Å². The largest absolute Gasteiger partial charge is 0.417 e. The fourth-order valence-corrected chi connectivity index (χ4v) is 2.87. The van der Waals surface area contributed by atoms with Crippen molar-refractivity contribution in [2.75, 3.05) is 0 Å². The number of halogens is 4. The van der Waals surface area contributed by atoms with Crippen LogP contribution in [0.25, 0.3) is 0 Å². The lowest BCUT2D eigenvalue weighted by molar-refractivity contribution is -0.137. The summed E-state index contributed by atoms with van der Waals surface area (Å²) in [7, 11) is 0. The molecule has 0 saturated carbocycles. The SMILES string of the molecule is OCc1ccc(Sc2ccc(C(F)(F)F)cn2)c(Br)c1. The zero-order valence-corrected chi connectivity index (χ0v) is 12.4. The van der Waals surface area contributed by atoms with Crippen LogP contribution in [0, 0.1) is 0 Å². The molecule has 0 aliphatic heterocycles. The predicted octanol–water partition coefficient (Wildman–Crippen LogP) is 4.51. The van der Waals surface area contributed by atoms with Gasteiger partial charge in [-0.25, -0.2) is 4.98 Å². The third kappa shape index (κ3) is 3.74. The Hall–Kier alpha value is -1.05. The monoisotopic (exact) mass is 363 g/mol. The number of nitrogens with zero attached hydrogens (tertiary/aromatic N) is 1. The number of hydrogen-bond donors (Lipinski definition) is 1. The minimum Gasteiger partial charge on any atom is -0.392 e. The first-order valence-electron chi connectivity index (χ1n) is 5.50. The van der Waals surface area contributed by atoms with Gasteiger partial charge >= 0.3 is 6.18 Å². The first kappa shape index (κ1) is 15.3. The normalized spacial score (nSPS) is 11.7. The van der Waals surface area contributed by atoms with Crippen LogP contribution in [0.1, 0.15) is 11.1 Å². The van der Waals surface area contributed by atoms with E-state index in [1.165, 1.54) is 17.8 Å². The molecule has 106 valence electrons. The van der Waals surface area contributed by atoms with Crippen molar-refractivity contribution < 1.29 is 18.3 Å². The lowest BCUT2D eigenvalue weighted by atomic mass is 10.2. The van der Waals surface area contributed by atoms with E-state index in [-0.39, 0.29) is 6.61 Å². The van der Waals surface area contributed by atoms with Crippen LogP contribution in [-0.4, -0.2) is 10.1 Å². The number of benzene rings is 1. The van der Waals surface area contributed by atoms with Crippen LogP contribution in [0.3, 0.4) is 0 Å². The van der Waals surface area contributed by atoms with Crippen LogP contribution < -0.4 is 0 Å². The van der Waals surface area contributed by atoms with Gasteiger partial charge in [0.25, 0.3) is 0 Å². The number of aliphatic hydroxyl groups excluding tert-OH is 1. The first-order valence-corrected chi connectivity index (χ1v) is 7.11. The standard InChI is InChI=1S/C13H9BrF3NOS/c14-10-5-8(7-19)1-3-11(10)20-12-4-2-9(6-18-12)13(15,16)17/h1-6,19H,7H2. The van der Waals surface area contributed by atoms with Crippen LogP contribution in [-0.2, 0) is 12.8 Å². The molecule has 0 atom stereocenters. The zero-order valence-electron chi connectivity index (χ0n) is 9.99. The van der Waals surface area contributed by atoms with Crippen molar-refractivity contribution in [3.63, 3.8) is 0 Å². The molecule has 1 heterocycles. The van der Waals surface area contributed by atoms with Crippen molar-refractivity contribution in [1.29, 1.82) is 0 Å². The smallest absolute Gasteiger partial charge is 0.392 e. The third-order valence-corrected chi connectivity index (χ3v) is 4.40. The molecule has 2 nitrogen and oxygen atoms in total. The van der Waals surface area contributed by atoms with Gasteiger partial charge in [-0.1, -0.05) is 17.8 Å². The molecule has 2 aromatic rings. The molecule has 1 aromatic heterocycles. The molecule has 0 amide bonds. The second kappa shape index (κ2) is 6.15. The van der Waals surface area contributed by atoms with Gasteiger partial charge in [0.2, 0.25) is 0 Å². The maximum atomic E-state index is 12.4. The molecule has 0 bridgehead atoms. The molecule has 1 aromatic carbocycles. The van der Waals surface area contributed by atoms with Crippen molar-refractivity contribution in [2.45, 2.75) is 22.7 Å². The molecule has 0 spiro atoms. The van der Waals surface area contributed by atoms with Crippen molar-refractivity contribution in [2.24, 2.45) is 0 Å². The molecule has 0 aliphatic carbocycles. The van der Waals surface area contributed by atoms with Crippen LogP contribution in [0.15, 0.2) is 50.9 Å².